The van der Waals surface area contributed by atoms with Crippen molar-refractivity contribution < 1.29 is 1.43 Å². The highest BCUT2D eigenvalue weighted by Gasteiger charge is 2.15. The van der Waals surface area contributed by atoms with Gasteiger partial charge in [0.25, 0.3) is 0 Å². The summed E-state index contributed by atoms with van der Waals surface area (Å²) in [6.45, 7) is 0. The van der Waals surface area contributed by atoms with Crippen LogP contribution in [0.2, 0.25) is 0 Å². The van der Waals surface area contributed by atoms with Crippen molar-refractivity contribution in [2.45, 2.75) is 0 Å². The minimum atomic E-state index is 0. The SMILES string of the molecule is [HH].c1ccc2cc(N(c3ccc4ccccc4c3)c3ccc4[nH]c5ccccc5c4c3)ccc2c1. The lowest BCUT2D eigenvalue weighted by molar-refractivity contribution is 1.30. The molecule has 0 aliphatic heterocycles. The number of anilines is 3. The summed E-state index contributed by atoms with van der Waals surface area (Å²) >= 11 is 0. The summed E-state index contributed by atoms with van der Waals surface area (Å²) in [5, 5.41) is 7.45. The molecule has 2 nitrogen and oxygen atoms in total. The van der Waals surface area contributed by atoms with Gasteiger partial charge in [-0.05, 0) is 70.1 Å². The van der Waals surface area contributed by atoms with Crippen molar-refractivity contribution in [1.29, 1.82) is 0 Å². The van der Waals surface area contributed by atoms with E-state index in [-0.39, 0.29) is 1.43 Å². The highest BCUT2D eigenvalue weighted by Crippen LogP contribution is 2.39. The van der Waals surface area contributed by atoms with Crippen LogP contribution in [-0.4, -0.2) is 4.98 Å². The van der Waals surface area contributed by atoms with Gasteiger partial charge in [0.05, 0.1) is 0 Å². The van der Waals surface area contributed by atoms with Crippen molar-refractivity contribution in [2.24, 2.45) is 0 Å². The Balaban J connectivity index is 0.00000229. The van der Waals surface area contributed by atoms with Gasteiger partial charge in [0.15, 0.2) is 0 Å². The molecule has 7 aromatic rings. The third-order valence-corrected chi connectivity index (χ3v) is 6.73. The van der Waals surface area contributed by atoms with Crippen LogP contribution < -0.4 is 4.90 Å². The van der Waals surface area contributed by atoms with Crippen molar-refractivity contribution in [2.75, 3.05) is 4.90 Å². The minimum Gasteiger partial charge on any atom is -0.355 e. The number of para-hydroxylation sites is 1. The zero-order valence-electron chi connectivity index (χ0n) is 18.6. The lowest BCUT2D eigenvalue weighted by atomic mass is 10.1. The number of hydrogen-bond acceptors (Lipinski definition) is 1. The van der Waals surface area contributed by atoms with E-state index in [0.717, 1.165) is 28.1 Å². The maximum atomic E-state index is 3.55. The lowest BCUT2D eigenvalue weighted by Gasteiger charge is -2.26. The van der Waals surface area contributed by atoms with Gasteiger partial charge in [0.1, 0.15) is 0 Å². The molecule has 0 aliphatic carbocycles. The number of nitrogens with one attached hydrogen (secondary N) is 1. The van der Waals surface area contributed by atoms with Crippen LogP contribution in [0.15, 0.2) is 127 Å². The average Bonchev–Trinajstić information content (AvgIpc) is 3.27. The molecule has 0 saturated heterocycles. The Morgan fingerprint density at radius 1 is 0.412 bits per heavy atom. The number of rotatable bonds is 3. The summed E-state index contributed by atoms with van der Waals surface area (Å²) in [6, 6.07) is 45.7. The third-order valence-electron chi connectivity index (χ3n) is 6.73. The molecule has 0 unspecified atom stereocenters. The maximum absolute atomic E-state index is 3.55. The van der Waals surface area contributed by atoms with Crippen LogP contribution in [-0.2, 0) is 0 Å². The third kappa shape index (κ3) is 3.04. The second-order valence-corrected chi connectivity index (χ2v) is 8.80. The molecule has 0 aliphatic rings. The number of fused-ring (bicyclic) bond motifs is 5. The number of aromatic nitrogens is 1. The molecule has 0 amide bonds. The largest absolute Gasteiger partial charge is 0.355 e. The molecule has 1 N–H and O–H groups in total. The zero-order valence-corrected chi connectivity index (χ0v) is 18.6. The van der Waals surface area contributed by atoms with Crippen LogP contribution in [0.1, 0.15) is 1.43 Å². The first kappa shape index (κ1) is 19.0. The molecule has 0 atom stereocenters. The van der Waals surface area contributed by atoms with Gasteiger partial charge in [-0.3, -0.25) is 0 Å². The Morgan fingerprint density at radius 2 is 0.912 bits per heavy atom. The topological polar surface area (TPSA) is 19.0 Å². The molecule has 0 radical (unpaired) electrons. The number of aromatic amines is 1. The second kappa shape index (κ2) is 7.50. The molecule has 2 heteroatoms. The van der Waals surface area contributed by atoms with Crippen LogP contribution in [0.25, 0.3) is 43.4 Å². The fourth-order valence-electron chi connectivity index (χ4n) is 5.05. The molecule has 162 valence electrons. The fraction of sp³-hybridized carbons (Fsp3) is 0. The Morgan fingerprint density at radius 3 is 1.59 bits per heavy atom. The predicted molar refractivity (Wildman–Crippen MR) is 148 cm³/mol. The van der Waals surface area contributed by atoms with Gasteiger partial charge in [-0.15, -0.1) is 0 Å². The monoisotopic (exact) mass is 436 g/mol. The van der Waals surface area contributed by atoms with Crippen LogP contribution >= 0.6 is 0 Å². The van der Waals surface area contributed by atoms with E-state index in [1.807, 2.05) is 0 Å². The van der Waals surface area contributed by atoms with E-state index in [4.69, 9.17) is 0 Å². The van der Waals surface area contributed by atoms with Crippen LogP contribution in [0.3, 0.4) is 0 Å². The highest BCUT2D eigenvalue weighted by molar-refractivity contribution is 6.09. The van der Waals surface area contributed by atoms with E-state index in [1.165, 1.54) is 32.3 Å². The molecule has 1 aromatic heterocycles. The Bertz CT molecular complexity index is 1750. The number of H-pyrrole nitrogens is 1. The minimum absolute atomic E-state index is 0. The Hall–Kier alpha value is -4.56. The van der Waals surface area contributed by atoms with E-state index in [9.17, 15) is 0 Å². The van der Waals surface area contributed by atoms with E-state index in [0.29, 0.717) is 0 Å². The van der Waals surface area contributed by atoms with E-state index >= 15 is 0 Å². The van der Waals surface area contributed by atoms with Gasteiger partial charge >= 0.3 is 0 Å². The summed E-state index contributed by atoms with van der Waals surface area (Å²) in [7, 11) is 0. The second-order valence-electron chi connectivity index (χ2n) is 8.80. The van der Waals surface area contributed by atoms with Gasteiger partial charge in [-0.2, -0.15) is 0 Å². The smallest absolute Gasteiger partial charge is 0.0469 e. The standard InChI is InChI=1S/C32H22N2.H2/c1-3-9-24-19-26(15-13-22(24)7-1)34(27-16-14-23-8-2-4-10-25(23)20-27)28-17-18-32-30(21-28)29-11-5-6-12-31(29)33-32;/h1-21,33H;1H. The normalized spacial score (nSPS) is 11.5. The fourth-order valence-corrected chi connectivity index (χ4v) is 5.05. The van der Waals surface area contributed by atoms with Gasteiger partial charge < -0.3 is 9.88 Å². The molecule has 34 heavy (non-hydrogen) atoms. The van der Waals surface area contributed by atoms with E-state index in [2.05, 4.69) is 137 Å². The molecule has 7 rings (SSSR count). The maximum Gasteiger partial charge on any atom is 0.0469 e. The number of nitrogens with zero attached hydrogens (tertiary/aromatic N) is 1. The summed E-state index contributed by atoms with van der Waals surface area (Å²) in [5.74, 6) is 0. The van der Waals surface area contributed by atoms with Crippen LogP contribution in [0.4, 0.5) is 17.1 Å². The Labute approximate surface area is 199 Å². The van der Waals surface area contributed by atoms with Gasteiger partial charge in [-0.25, -0.2) is 0 Å². The quantitative estimate of drug-likeness (QED) is 0.292. The molecule has 0 bridgehead atoms. The molecular weight excluding hydrogens is 412 g/mol. The van der Waals surface area contributed by atoms with E-state index < -0.39 is 0 Å². The summed E-state index contributed by atoms with van der Waals surface area (Å²) in [6.07, 6.45) is 0. The number of benzene rings is 6. The highest BCUT2D eigenvalue weighted by atomic mass is 15.1. The summed E-state index contributed by atoms with van der Waals surface area (Å²) in [5.41, 5.74) is 5.75. The Kier molecular flexibility index (Phi) is 4.18. The zero-order chi connectivity index (χ0) is 22.5. The first-order chi connectivity index (χ1) is 16.8. The molecule has 1 heterocycles. The van der Waals surface area contributed by atoms with Gasteiger partial charge in [0, 0.05) is 40.3 Å². The molecule has 0 fully saturated rings. The summed E-state index contributed by atoms with van der Waals surface area (Å²) in [4.78, 5) is 5.91. The van der Waals surface area contributed by atoms with Crippen molar-refractivity contribution in [3.8, 4) is 0 Å². The molecule has 0 spiro atoms. The predicted octanol–water partition coefficient (Wildman–Crippen LogP) is 9.34. The lowest BCUT2D eigenvalue weighted by Crippen LogP contribution is -2.09. The number of hydrogen-bond donors (Lipinski definition) is 1. The van der Waals surface area contributed by atoms with Crippen molar-refractivity contribution in [3.63, 3.8) is 0 Å². The molecule has 6 aromatic carbocycles. The van der Waals surface area contributed by atoms with Crippen molar-refractivity contribution in [1.82, 2.24) is 4.98 Å². The van der Waals surface area contributed by atoms with Gasteiger partial charge in [-0.1, -0.05) is 78.9 Å². The molecule has 0 saturated carbocycles. The van der Waals surface area contributed by atoms with E-state index in [1.54, 1.807) is 0 Å². The van der Waals surface area contributed by atoms with Crippen LogP contribution in [0.5, 0.6) is 0 Å². The average molecular weight is 437 g/mol. The first-order valence-electron chi connectivity index (χ1n) is 11.6. The van der Waals surface area contributed by atoms with Gasteiger partial charge in [0.2, 0.25) is 0 Å². The van der Waals surface area contributed by atoms with Crippen molar-refractivity contribution in [3.05, 3.63) is 127 Å². The molecular formula is C32H24N2. The van der Waals surface area contributed by atoms with Crippen molar-refractivity contribution >= 4 is 60.4 Å². The summed E-state index contributed by atoms with van der Waals surface area (Å²) < 4.78 is 0. The first-order valence-corrected chi connectivity index (χ1v) is 11.6. The van der Waals surface area contributed by atoms with Crippen LogP contribution in [0, 0.1) is 0 Å².